The van der Waals surface area contributed by atoms with E-state index in [-0.39, 0.29) is 23.4 Å². The number of carbonyl (C=O) groups is 2. The number of hydrogen-bond donors (Lipinski definition) is 0. The van der Waals surface area contributed by atoms with E-state index in [0.29, 0.717) is 31.6 Å². The van der Waals surface area contributed by atoms with E-state index in [0.717, 1.165) is 43.7 Å². The van der Waals surface area contributed by atoms with Gasteiger partial charge in [0, 0.05) is 56.9 Å². The van der Waals surface area contributed by atoms with Gasteiger partial charge in [0.1, 0.15) is 0 Å². The summed E-state index contributed by atoms with van der Waals surface area (Å²) in [5, 5.41) is 0. The van der Waals surface area contributed by atoms with Gasteiger partial charge in [0.15, 0.2) is 11.6 Å². The molecular formula is C24H28FN3O3. The van der Waals surface area contributed by atoms with Gasteiger partial charge in [-0.3, -0.25) is 14.5 Å². The minimum Gasteiger partial charge on any atom is -0.494 e. The predicted octanol–water partition coefficient (Wildman–Crippen LogP) is 3.31. The molecule has 31 heavy (non-hydrogen) atoms. The fourth-order valence-electron chi connectivity index (χ4n) is 4.22. The number of methoxy groups -OCH3 is 1. The molecule has 4 rings (SSSR count). The maximum absolute atomic E-state index is 13.9. The van der Waals surface area contributed by atoms with Crippen LogP contribution in [0.3, 0.4) is 0 Å². The Hall–Kier alpha value is -2.93. The van der Waals surface area contributed by atoms with Gasteiger partial charge in [0.05, 0.1) is 7.11 Å². The first-order chi connectivity index (χ1) is 15.0. The van der Waals surface area contributed by atoms with Crippen LogP contribution in [0.1, 0.15) is 35.2 Å². The van der Waals surface area contributed by atoms with Gasteiger partial charge in [-0.25, -0.2) is 4.39 Å². The van der Waals surface area contributed by atoms with Crippen LogP contribution >= 0.6 is 0 Å². The smallest absolute Gasteiger partial charge is 0.253 e. The van der Waals surface area contributed by atoms with Crippen LogP contribution in [0.2, 0.25) is 0 Å². The molecular weight excluding hydrogens is 397 g/mol. The third kappa shape index (κ3) is 4.88. The number of nitrogens with zero attached hydrogens (tertiary/aromatic N) is 3. The number of ether oxygens (including phenoxy) is 1. The summed E-state index contributed by atoms with van der Waals surface area (Å²) in [7, 11) is 1.45. The van der Waals surface area contributed by atoms with Crippen LogP contribution in [0.5, 0.6) is 5.75 Å². The molecule has 6 nitrogen and oxygen atoms in total. The Kier molecular flexibility index (Phi) is 6.51. The molecule has 7 heteroatoms. The molecule has 2 fully saturated rings. The Morgan fingerprint density at radius 2 is 1.74 bits per heavy atom. The first-order valence-corrected chi connectivity index (χ1v) is 10.8. The molecule has 2 aromatic rings. The maximum atomic E-state index is 13.9. The van der Waals surface area contributed by atoms with Gasteiger partial charge in [-0.2, -0.15) is 0 Å². The molecule has 0 saturated carbocycles. The first-order valence-electron chi connectivity index (χ1n) is 10.8. The summed E-state index contributed by atoms with van der Waals surface area (Å²) in [5.41, 5.74) is 2.39. The lowest BCUT2D eigenvalue weighted by Crippen LogP contribution is -2.48. The maximum Gasteiger partial charge on any atom is 0.253 e. The van der Waals surface area contributed by atoms with Gasteiger partial charge < -0.3 is 14.5 Å². The van der Waals surface area contributed by atoms with E-state index < -0.39 is 0 Å². The molecule has 2 amide bonds. The third-order valence-electron chi connectivity index (χ3n) is 6.03. The highest BCUT2D eigenvalue weighted by Crippen LogP contribution is 2.22. The van der Waals surface area contributed by atoms with Gasteiger partial charge in [0.25, 0.3) is 5.91 Å². The lowest BCUT2D eigenvalue weighted by atomic mass is 10.1. The Morgan fingerprint density at radius 1 is 1.00 bits per heavy atom. The Morgan fingerprint density at radius 3 is 2.39 bits per heavy atom. The largest absolute Gasteiger partial charge is 0.494 e. The van der Waals surface area contributed by atoms with Crippen molar-refractivity contribution in [2.45, 2.75) is 25.8 Å². The van der Waals surface area contributed by atoms with E-state index in [2.05, 4.69) is 4.90 Å². The molecule has 0 spiro atoms. The molecule has 164 valence electrons. The number of piperidine rings is 1. The summed E-state index contributed by atoms with van der Waals surface area (Å²) in [6, 6.07) is 12.4. The zero-order valence-corrected chi connectivity index (χ0v) is 17.8. The van der Waals surface area contributed by atoms with Crippen molar-refractivity contribution in [3.8, 4) is 5.75 Å². The van der Waals surface area contributed by atoms with Crippen LogP contribution < -0.4 is 9.64 Å². The lowest BCUT2D eigenvalue weighted by Gasteiger charge is -2.35. The standard InChI is InChI=1S/C24H28FN3O3/c1-31-22-10-5-18(16-21(22)25)17-26-12-14-27(15-13-26)24(30)19-6-8-20(9-7-19)28-11-3-2-4-23(28)29/h5-10,16H,2-4,11-15,17H2,1H3. The number of halogens is 1. The van der Waals surface area contributed by atoms with E-state index in [1.54, 1.807) is 11.0 Å². The molecule has 0 N–H and O–H groups in total. The number of benzene rings is 2. The summed E-state index contributed by atoms with van der Waals surface area (Å²) >= 11 is 0. The number of hydrogen-bond acceptors (Lipinski definition) is 4. The topological polar surface area (TPSA) is 53.1 Å². The SMILES string of the molecule is COc1ccc(CN2CCN(C(=O)c3ccc(N4CCCCC4=O)cc3)CC2)cc1F. The van der Waals surface area contributed by atoms with Crippen LogP contribution in [0.25, 0.3) is 0 Å². The minimum atomic E-state index is -0.358. The van der Waals surface area contributed by atoms with E-state index in [1.165, 1.54) is 13.2 Å². The molecule has 0 bridgehead atoms. The second-order valence-corrected chi connectivity index (χ2v) is 8.09. The molecule has 0 atom stereocenters. The van der Waals surface area contributed by atoms with Crippen molar-refractivity contribution >= 4 is 17.5 Å². The Bertz CT molecular complexity index is 940. The van der Waals surface area contributed by atoms with Crippen LogP contribution in [0.4, 0.5) is 10.1 Å². The average molecular weight is 426 g/mol. The first kappa shape index (κ1) is 21.3. The second-order valence-electron chi connectivity index (χ2n) is 8.09. The zero-order chi connectivity index (χ0) is 21.8. The third-order valence-corrected chi connectivity index (χ3v) is 6.03. The summed E-state index contributed by atoms with van der Waals surface area (Å²) in [5.74, 6) is 0.0446. The number of anilines is 1. The Labute approximate surface area is 182 Å². The number of piperazine rings is 1. The predicted molar refractivity (Wildman–Crippen MR) is 117 cm³/mol. The summed E-state index contributed by atoms with van der Waals surface area (Å²) in [6.07, 6.45) is 2.55. The van der Waals surface area contributed by atoms with Gasteiger partial charge in [-0.05, 0) is 54.8 Å². The van der Waals surface area contributed by atoms with Gasteiger partial charge in [0.2, 0.25) is 5.91 Å². The number of carbonyl (C=O) groups excluding carboxylic acids is 2. The highest BCUT2D eigenvalue weighted by atomic mass is 19.1. The second kappa shape index (κ2) is 9.47. The average Bonchev–Trinajstić information content (AvgIpc) is 2.80. The molecule has 0 aliphatic carbocycles. The van der Waals surface area contributed by atoms with Crippen molar-refractivity contribution in [2.75, 3.05) is 44.7 Å². The van der Waals surface area contributed by atoms with Gasteiger partial charge in [-0.1, -0.05) is 6.07 Å². The number of amides is 2. The van der Waals surface area contributed by atoms with Crippen molar-refractivity contribution < 1.29 is 18.7 Å². The molecule has 2 aromatic carbocycles. The summed E-state index contributed by atoms with van der Waals surface area (Å²) in [6.45, 7) is 4.11. The van der Waals surface area contributed by atoms with E-state index in [1.807, 2.05) is 35.2 Å². The molecule has 2 saturated heterocycles. The van der Waals surface area contributed by atoms with Crippen molar-refractivity contribution in [1.29, 1.82) is 0 Å². The molecule has 0 radical (unpaired) electrons. The fraction of sp³-hybridized carbons (Fsp3) is 0.417. The molecule has 2 aliphatic rings. The fourth-order valence-corrected chi connectivity index (χ4v) is 4.22. The van der Waals surface area contributed by atoms with E-state index in [4.69, 9.17) is 4.74 Å². The van der Waals surface area contributed by atoms with Crippen molar-refractivity contribution in [1.82, 2.24) is 9.80 Å². The lowest BCUT2D eigenvalue weighted by molar-refractivity contribution is -0.119. The molecule has 0 aromatic heterocycles. The highest BCUT2D eigenvalue weighted by molar-refractivity contribution is 5.97. The van der Waals surface area contributed by atoms with Crippen LogP contribution in [0.15, 0.2) is 42.5 Å². The van der Waals surface area contributed by atoms with Gasteiger partial charge in [-0.15, -0.1) is 0 Å². The summed E-state index contributed by atoms with van der Waals surface area (Å²) < 4.78 is 18.9. The molecule has 2 aliphatic heterocycles. The quantitative estimate of drug-likeness (QED) is 0.738. The van der Waals surface area contributed by atoms with Crippen LogP contribution in [-0.2, 0) is 11.3 Å². The molecule has 2 heterocycles. The van der Waals surface area contributed by atoms with Crippen molar-refractivity contribution in [3.05, 3.63) is 59.4 Å². The van der Waals surface area contributed by atoms with Crippen LogP contribution in [0, 0.1) is 5.82 Å². The van der Waals surface area contributed by atoms with Crippen molar-refractivity contribution in [2.24, 2.45) is 0 Å². The Balaban J connectivity index is 1.31. The van der Waals surface area contributed by atoms with E-state index >= 15 is 0 Å². The zero-order valence-electron chi connectivity index (χ0n) is 17.8. The minimum absolute atomic E-state index is 0.00617. The highest BCUT2D eigenvalue weighted by Gasteiger charge is 2.24. The van der Waals surface area contributed by atoms with Crippen LogP contribution in [-0.4, -0.2) is 61.4 Å². The monoisotopic (exact) mass is 425 g/mol. The van der Waals surface area contributed by atoms with Gasteiger partial charge >= 0.3 is 0 Å². The normalized spacial score (nSPS) is 17.7. The van der Waals surface area contributed by atoms with E-state index in [9.17, 15) is 14.0 Å². The van der Waals surface area contributed by atoms with Crippen molar-refractivity contribution in [3.63, 3.8) is 0 Å². The summed E-state index contributed by atoms with van der Waals surface area (Å²) in [4.78, 5) is 30.9. The number of rotatable bonds is 5. The molecule has 0 unspecified atom stereocenters.